The lowest BCUT2D eigenvalue weighted by Gasteiger charge is -2.21. The highest BCUT2D eigenvalue weighted by Gasteiger charge is 2.50. The first-order valence-electron chi connectivity index (χ1n) is 9.46. The minimum absolute atomic E-state index is 0.248. The molecule has 150 valence electrons. The van der Waals surface area contributed by atoms with Gasteiger partial charge in [0.05, 0.1) is 11.8 Å². The Morgan fingerprint density at radius 2 is 1.83 bits per heavy atom. The molecule has 1 aliphatic carbocycles. The van der Waals surface area contributed by atoms with Crippen LogP contribution in [0.5, 0.6) is 0 Å². The van der Waals surface area contributed by atoms with Crippen LogP contribution in [-0.2, 0) is 20.8 Å². The third-order valence-electron chi connectivity index (χ3n) is 5.38. The Hall–Kier alpha value is -2.32. The SMILES string of the molecule is C[C@@H](C(=O)Nc1ncc(Cc2ccc(Br)cc2)s1)N1C(=O)C2CC=CCC2C1=O. The number of hydrogen-bond acceptors (Lipinski definition) is 5. The molecule has 1 N–H and O–H groups in total. The van der Waals surface area contributed by atoms with E-state index in [9.17, 15) is 14.4 Å². The highest BCUT2D eigenvalue weighted by atomic mass is 79.9. The summed E-state index contributed by atoms with van der Waals surface area (Å²) >= 11 is 4.81. The standard InChI is InChI=1S/C21H20BrN3O3S/c1-12(25-19(27)16-4-2-3-5-17(16)20(25)28)18(26)24-21-23-11-15(29-21)10-13-6-8-14(22)9-7-13/h2-3,6-9,11-12,16-17H,4-5,10H2,1H3,(H,23,24,26)/t12-,16?,17?/m0/s1. The lowest BCUT2D eigenvalue weighted by Crippen LogP contribution is -2.46. The molecule has 2 aromatic rings. The highest BCUT2D eigenvalue weighted by molar-refractivity contribution is 9.10. The summed E-state index contributed by atoms with van der Waals surface area (Å²) < 4.78 is 1.02. The lowest BCUT2D eigenvalue weighted by atomic mass is 9.85. The van der Waals surface area contributed by atoms with Crippen LogP contribution in [0.1, 0.15) is 30.2 Å². The van der Waals surface area contributed by atoms with Gasteiger partial charge in [0.25, 0.3) is 0 Å². The van der Waals surface area contributed by atoms with Gasteiger partial charge in [-0.2, -0.15) is 0 Å². The number of amides is 3. The number of aromatic nitrogens is 1. The van der Waals surface area contributed by atoms with Crippen molar-refractivity contribution < 1.29 is 14.4 Å². The van der Waals surface area contributed by atoms with Crippen molar-refractivity contribution in [1.29, 1.82) is 0 Å². The second-order valence-corrected chi connectivity index (χ2v) is 9.33. The van der Waals surface area contributed by atoms with Crippen molar-refractivity contribution in [2.45, 2.75) is 32.2 Å². The fourth-order valence-corrected chi connectivity index (χ4v) is 4.90. The monoisotopic (exact) mass is 473 g/mol. The molecule has 1 fully saturated rings. The van der Waals surface area contributed by atoms with Crippen LogP contribution in [0.15, 0.2) is 47.1 Å². The van der Waals surface area contributed by atoms with E-state index < -0.39 is 11.9 Å². The van der Waals surface area contributed by atoms with Crippen molar-refractivity contribution in [3.05, 3.63) is 57.5 Å². The Balaban J connectivity index is 1.40. The maximum atomic E-state index is 12.7. The molecule has 1 saturated heterocycles. The van der Waals surface area contributed by atoms with Gasteiger partial charge < -0.3 is 5.32 Å². The molecule has 29 heavy (non-hydrogen) atoms. The fourth-order valence-electron chi connectivity index (χ4n) is 3.79. The van der Waals surface area contributed by atoms with Gasteiger partial charge in [0, 0.05) is 22.0 Å². The maximum absolute atomic E-state index is 12.7. The molecule has 3 amide bonds. The lowest BCUT2D eigenvalue weighted by molar-refractivity contribution is -0.146. The average Bonchev–Trinajstić information content (AvgIpc) is 3.25. The Kier molecular flexibility index (Phi) is 5.65. The smallest absolute Gasteiger partial charge is 0.249 e. The first-order chi connectivity index (χ1) is 13.9. The van der Waals surface area contributed by atoms with Crippen LogP contribution in [0.4, 0.5) is 5.13 Å². The number of benzene rings is 1. The number of thiazole rings is 1. The number of fused-ring (bicyclic) bond motifs is 1. The van der Waals surface area contributed by atoms with Crippen molar-refractivity contribution in [3.63, 3.8) is 0 Å². The molecular formula is C21H20BrN3O3S. The quantitative estimate of drug-likeness (QED) is 0.529. The number of imide groups is 1. The predicted molar refractivity (Wildman–Crippen MR) is 114 cm³/mol. The maximum Gasteiger partial charge on any atom is 0.249 e. The molecule has 4 rings (SSSR count). The van der Waals surface area contributed by atoms with Gasteiger partial charge in [-0.1, -0.05) is 40.2 Å². The van der Waals surface area contributed by atoms with Crippen LogP contribution in [0.2, 0.25) is 0 Å². The summed E-state index contributed by atoms with van der Waals surface area (Å²) in [5.41, 5.74) is 1.15. The van der Waals surface area contributed by atoms with E-state index in [1.807, 2.05) is 36.4 Å². The van der Waals surface area contributed by atoms with E-state index in [1.165, 1.54) is 11.3 Å². The number of allylic oxidation sites excluding steroid dienone is 2. The summed E-state index contributed by atoms with van der Waals surface area (Å²) in [6.45, 7) is 1.59. The molecule has 6 nitrogen and oxygen atoms in total. The zero-order valence-electron chi connectivity index (χ0n) is 15.8. The first-order valence-corrected chi connectivity index (χ1v) is 11.1. The molecule has 0 spiro atoms. The van der Waals surface area contributed by atoms with Crippen LogP contribution in [0.25, 0.3) is 0 Å². The third-order valence-corrected chi connectivity index (χ3v) is 6.83. The Labute approximate surface area is 181 Å². The normalized spacial score (nSPS) is 21.9. The van der Waals surface area contributed by atoms with Crippen molar-refractivity contribution in [2.75, 3.05) is 5.32 Å². The molecule has 2 unspecified atom stereocenters. The Morgan fingerprint density at radius 3 is 2.45 bits per heavy atom. The van der Waals surface area contributed by atoms with Crippen LogP contribution >= 0.6 is 27.3 Å². The second kappa shape index (κ2) is 8.20. The summed E-state index contributed by atoms with van der Waals surface area (Å²) in [5, 5.41) is 3.22. The minimum Gasteiger partial charge on any atom is -0.300 e. The topological polar surface area (TPSA) is 79.4 Å². The molecule has 0 bridgehead atoms. The molecule has 0 saturated carbocycles. The van der Waals surface area contributed by atoms with Crippen molar-refractivity contribution in [1.82, 2.24) is 9.88 Å². The molecule has 1 aliphatic heterocycles. The van der Waals surface area contributed by atoms with Gasteiger partial charge in [0.15, 0.2) is 5.13 Å². The largest absolute Gasteiger partial charge is 0.300 e. The summed E-state index contributed by atoms with van der Waals surface area (Å²) in [6, 6.07) is 7.17. The van der Waals surface area contributed by atoms with Crippen LogP contribution < -0.4 is 5.32 Å². The number of carbonyl (C=O) groups is 3. The molecule has 1 aromatic heterocycles. The Bertz CT molecular complexity index is 959. The number of anilines is 1. The van der Waals surface area contributed by atoms with E-state index >= 15 is 0 Å². The molecule has 3 atom stereocenters. The van der Waals surface area contributed by atoms with Gasteiger partial charge >= 0.3 is 0 Å². The number of nitrogens with zero attached hydrogens (tertiary/aromatic N) is 2. The van der Waals surface area contributed by atoms with Crippen LogP contribution in [0, 0.1) is 11.8 Å². The van der Waals surface area contributed by atoms with Gasteiger partial charge in [-0.3, -0.25) is 19.3 Å². The van der Waals surface area contributed by atoms with E-state index in [0.717, 1.165) is 26.2 Å². The zero-order chi connectivity index (χ0) is 20.5. The molecular weight excluding hydrogens is 454 g/mol. The number of likely N-dealkylation sites (tertiary alicyclic amines) is 1. The number of carbonyl (C=O) groups excluding carboxylic acids is 3. The van der Waals surface area contributed by atoms with E-state index in [0.29, 0.717) is 18.0 Å². The van der Waals surface area contributed by atoms with E-state index in [4.69, 9.17) is 0 Å². The first kappa shape index (κ1) is 20.0. The Morgan fingerprint density at radius 1 is 1.21 bits per heavy atom. The van der Waals surface area contributed by atoms with Crippen molar-refractivity contribution >= 4 is 50.1 Å². The minimum atomic E-state index is -0.862. The second-order valence-electron chi connectivity index (χ2n) is 7.30. The van der Waals surface area contributed by atoms with Gasteiger partial charge in [0.2, 0.25) is 17.7 Å². The van der Waals surface area contributed by atoms with Gasteiger partial charge in [-0.25, -0.2) is 4.98 Å². The molecule has 1 aromatic carbocycles. The molecule has 8 heteroatoms. The average molecular weight is 474 g/mol. The van der Waals surface area contributed by atoms with E-state index in [-0.39, 0.29) is 23.7 Å². The summed E-state index contributed by atoms with van der Waals surface area (Å²) in [7, 11) is 0. The fraction of sp³-hybridized carbons (Fsp3) is 0.333. The van der Waals surface area contributed by atoms with Crippen LogP contribution in [0.3, 0.4) is 0 Å². The summed E-state index contributed by atoms with van der Waals surface area (Å²) in [5.74, 6) is -1.56. The third kappa shape index (κ3) is 4.04. The van der Waals surface area contributed by atoms with Gasteiger partial charge in [-0.15, -0.1) is 11.3 Å². The number of nitrogens with one attached hydrogen (secondary N) is 1. The van der Waals surface area contributed by atoms with E-state index in [2.05, 4.69) is 26.2 Å². The molecule has 2 aliphatic rings. The number of hydrogen-bond donors (Lipinski definition) is 1. The highest BCUT2D eigenvalue weighted by Crippen LogP contribution is 2.36. The number of halogens is 1. The number of rotatable bonds is 5. The zero-order valence-corrected chi connectivity index (χ0v) is 18.2. The van der Waals surface area contributed by atoms with Gasteiger partial charge in [-0.05, 0) is 37.5 Å². The van der Waals surface area contributed by atoms with Crippen LogP contribution in [-0.4, -0.2) is 33.6 Å². The van der Waals surface area contributed by atoms with Crippen molar-refractivity contribution in [3.8, 4) is 0 Å². The summed E-state index contributed by atoms with van der Waals surface area (Å²) in [6.07, 6.45) is 7.44. The van der Waals surface area contributed by atoms with E-state index in [1.54, 1.807) is 13.1 Å². The summed E-state index contributed by atoms with van der Waals surface area (Å²) in [4.78, 5) is 44.4. The molecule has 0 radical (unpaired) electrons. The van der Waals surface area contributed by atoms with Crippen molar-refractivity contribution in [2.24, 2.45) is 11.8 Å². The van der Waals surface area contributed by atoms with Gasteiger partial charge in [0.1, 0.15) is 6.04 Å². The predicted octanol–water partition coefficient (Wildman–Crippen LogP) is 3.77. The molecule has 2 heterocycles.